The van der Waals surface area contributed by atoms with Gasteiger partial charge in [0.05, 0.1) is 10.5 Å². The van der Waals surface area contributed by atoms with Crippen LogP contribution in [0.4, 0.5) is 5.82 Å². The maximum Gasteiger partial charge on any atom is 0.158 e. The van der Waals surface area contributed by atoms with Crippen molar-refractivity contribution in [3.05, 3.63) is 35.6 Å². The molecule has 0 saturated carbocycles. The second-order valence-corrected chi connectivity index (χ2v) is 3.92. The Morgan fingerprint density at radius 1 is 1.18 bits per heavy atom. The third-order valence-corrected chi connectivity index (χ3v) is 2.72. The molecule has 84 valence electrons. The number of aromatic amines is 1. The van der Waals surface area contributed by atoms with Gasteiger partial charge in [0.1, 0.15) is 11.2 Å². The average molecular weight is 246 g/mol. The van der Waals surface area contributed by atoms with Crippen molar-refractivity contribution in [3.63, 3.8) is 0 Å². The SMILES string of the molecule is Nc1nccc2[nH]c(-c3ncccc3Cl)nc12. The minimum Gasteiger partial charge on any atom is -0.382 e. The summed E-state index contributed by atoms with van der Waals surface area (Å²) in [6.07, 6.45) is 3.29. The van der Waals surface area contributed by atoms with Gasteiger partial charge in [-0.2, -0.15) is 0 Å². The predicted molar refractivity (Wildman–Crippen MR) is 66.5 cm³/mol. The van der Waals surface area contributed by atoms with Crippen LogP contribution < -0.4 is 5.73 Å². The summed E-state index contributed by atoms with van der Waals surface area (Å²) in [6.45, 7) is 0. The number of nitrogens with zero attached hydrogens (tertiary/aromatic N) is 3. The van der Waals surface area contributed by atoms with Gasteiger partial charge >= 0.3 is 0 Å². The lowest BCUT2D eigenvalue weighted by Crippen LogP contribution is -1.90. The molecule has 3 rings (SSSR count). The largest absolute Gasteiger partial charge is 0.382 e. The van der Waals surface area contributed by atoms with Crippen molar-refractivity contribution in [2.75, 3.05) is 5.73 Å². The highest BCUT2D eigenvalue weighted by Crippen LogP contribution is 2.26. The van der Waals surface area contributed by atoms with Crippen LogP contribution >= 0.6 is 11.6 Å². The van der Waals surface area contributed by atoms with Crippen molar-refractivity contribution in [2.24, 2.45) is 0 Å². The van der Waals surface area contributed by atoms with E-state index in [-0.39, 0.29) is 0 Å². The zero-order valence-electron chi connectivity index (χ0n) is 8.68. The first-order chi connectivity index (χ1) is 8.25. The molecule has 3 heterocycles. The molecular weight excluding hydrogens is 238 g/mol. The van der Waals surface area contributed by atoms with Crippen LogP contribution in [0.5, 0.6) is 0 Å². The number of H-pyrrole nitrogens is 1. The van der Waals surface area contributed by atoms with Gasteiger partial charge in [-0.1, -0.05) is 11.6 Å². The van der Waals surface area contributed by atoms with E-state index in [1.54, 1.807) is 30.6 Å². The molecule has 17 heavy (non-hydrogen) atoms. The van der Waals surface area contributed by atoms with Crippen molar-refractivity contribution in [1.82, 2.24) is 19.9 Å². The Balaban J connectivity index is 2.26. The molecule has 0 radical (unpaired) electrons. The number of fused-ring (bicyclic) bond motifs is 1. The van der Waals surface area contributed by atoms with E-state index >= 15 is 0 Å². The van der Waals surface area contributed by atoms with Crippen LogP contribution in [-0.2, 0) is 0 Å². The van der Waals surface area contributed by atoms with Gasteiger partial charge in [-0.25, -0.2) is 9.97 Å². The van der Waals surface area contributed by atoms with Crippen LogP contribution in [0.25, 0.3) is 22.6 Å². The summed E-state index contributed by atoms with van der Waals surface area (Å²) < 4.78 is 0. The summed E-state index contributed by atoms with van der Waals surface area (Å²) in [6, 6.07) is 5.34. The maximum atomic E-state index is 6.06. The molecule has 0 amide bonds. The Kier molecular flexibility index (Phi) is 2.19. The van der Waals surface area contributed by atoms with Gasteiger partial charge in [0.15, 0.2) is 11.6 Å². The van der Waals surface area contributed by atoms with Gasteiger partial charge < -0.3 is 10.7 Å². The highest BCUT2D eigenvalue weighted by Gasteiger charge is 2.11. The van der Waals surface area contributed by atoms with E-state index in [1.807, 2.05) is 0 Å². The summed E-state index contributed by atoms with van der Waals surface area (Å²) in [5.41, 5.74) is 7.78. The number of nitrogens with two attached hydrogens (primary N) is 1. The zero-order valence-corrected chi connectivity index (χ0v) is 9.44. The third kappa shape index (κ3) is 1.60. The third-order valence-electron chi connectivity index (χ3n) is 2.41. The molecule has 3 N–H and O–H groups in total. The molecule has 0 aliphatic carbocycles. The molecule has 0 fully saturated rings. The number of anilines is 1. The molecule has 0 aliphatic heterocycles. The number of nitrogens with one attached hydrogen (secondary N) is 1. The second-order valence-electron chi connectivity index (χ2n) is 3.51. The van der Waals surface area contributed by atoms with E-state index in [0.29, 0.717) is 27.9 Å². The second kappa shape index (κ2) is 3.71. The summed E-state index contributed by atoms with van der Waals surface area (Å²) in [5.74, 6) is 0.974. The van der Waals surface area contributed by atoms with E-state index in [4.69, 9.17) is 17.3 Å². The van der Waals surface area contributed by atoms with Crippen LogP contribution in [0, 0.1) is 0 Å². The number of aromatic nitrogens is 4. The van der Waals surface area contributed by atoms with Gasteiger partial charge in [0, 0.05) is 12.4 Å². The molecule has 0 spiro atoms. The Hall–Kier alpha value is -2.14. The summed E-state index contributed by atoms with van der Waals surface area (Å²) in [4.78, 5) is 15.6. The molecule has 0 atom stereocenters. The van der Waals surface area contributed by atoms with E-state index in [0.717, 1.165) is 5.52 Å². The number of pyridine rings is 2. The van der Waals surface area contributed by atoms with Crippen LogP contribution in [0.15, 0.2) is 30.6 Å². The number of rotatable bonds is 1. The molecule has 0 unspecified atom stereocenters. The Morgan fingerprint density at radius 2 is 2.06 bits per heavy atom. The summed E-state index contributed by atoms with van der Waals surface area (Å²) in [7, 11) is 0. The summed E-state index contributed by atoms with van der Waals surface area (Å²) >= 11 is 6.06. The maximum absolute atomic E-state index is 6.06. The smallest absolute Gasteiger partial charge is 0.158 e. The number of hydrogen-bond donors (Lipinski definition) is 2. The van der Waals surface area contributed by atoms with E-state index in [1.165, 1.54) is 0 Å². The number of imidazole rings is 1. The van der Waals surface area contributed by atoms with Gasteiger partial charge in [-0.05, 0) is 18.2 Å². The van der Waals surface area contributed by atoms with Crippen molar-refractivity contribution >= 4 is 28.5 Å². The minimum atomic E-state index is 0.386. The molecule has 0 aromatic carbocycles. The van der Waals surface area contributed by atoms with Gasteiger partial charge in [0.25, 0.3) is 0 Å². The van der Waals surface area contributed by atoms with E-state index < -0.39 is 0 Å². The fraction of sp³-hybridized carbons (Fsp3) is 0. The molecule has 3 aromatic rings. The molecule has 0 saturated heterocycles. The molecule has 6 heteroatoms. The molecule has 0 bridgehead atoms. The lowest BCUT2D eigenvalue weighted by atomic mass is 10.3. The number of halogens is 1. The van der Waals surface area contributed by atoms with Gasteiger partial charge in [0.2, 0.25) is 0 Å². The minimum absolute atomic E-state index is 0.386. The monoisotopic (exact) mass is 245 g/mol. The summed E-state index contributed by atoms with van der Waals surface area (Å²) in [5, 5.41) is 0.540. The van der Waals surface area contributed by atoms with Crippen molar-refractivity contribution in [2.45, 2.75) is 0 Å². The quantitative estimate of drug-likeness (QED) is 0.689. The highest BCUT2D eigenvalue weighted by molar-refractivity contribution is 6.32. The first-order valence-electron chi connectivity index (χ1n) is 4.97. The van der Waals surface area contributed by atoms with Crippen LogP contribution in [0.1, 0.15) is 0 Å². The van der Waals surface area contributed by atoms with Crippen LogP contribution in [0.2, 0.25) is 5.02 Å². The predicted octanol–water partition coefficient (Wildman–Crippen LogP) is 2.26. The Labute approximate surface area is 102 Å². The van der Waals surface area contributed by atoms with E-state index in [2.05, 4.69) is 19.9 Å². The van der Waals surface area contributed by atoms with Crippen LogP contribution in [-0.4, -0.2) is 19.9 Å². The van der Waals surface area contributed by atoms with Crippen molar-refractivity contribution < 1.29 is 0 Å². The zero-order chi connectivity index (χ0) is 11.8. The lowest BCUT2D eigenvalue weighted by molar-refractivity contribution is 1.24. The molecule has 0 aliphatic rings. The normalized spacial score (nSPS) is 10.9. The Bertz CT molecular complexity index is 691. The van der Waals surface area contributed by atoms with Gasteiger partial charge in [-0.15, -0.1) is 0 Å². The first-order valence-corrected chi connectivity index (χ1v) is 5.34. The van der Waals surface area contributed by atoms with Crippen molar-refractivity contribution in [1.29, 1.82) is 0 Å². The molecule has 3 aromatic heterocycles. The van der Waals surface area contributed by atoms with Crippen LogP contribution in [0.3, 0.4) is 0 Å². The standard InChI is InChI=1S/C11H8ClN5/c12-6-2-1-4-14-8(6)11-16-7-3-5-15-10(13)9(7)17-11/h1-5H,(H2,13,15)(H,16,17). The highest BCUT2D eigenvalue weighted by atomic mass is 35.5. The first kappa shape index (κ1) is 10.0. The fourth-order valence-corrected chi connectivity index (χ4v) is 1.84. The lowest BCUT2D eigenvalue weighted by Gasteiger charge is -1.97. The average Bonchev–Trinajstić information content (AvgIpc) is 2.75. The number of hydrogen-bond acceptors (Lipinski definition) is 4. The Morgan fingerprint density at radius 3 is 2.82 bits per heavy atom. The number of nitrogen functional groups attached to an aromatic ring is 1. The van der Waals surface area contributed by atoms with Crippen molar-refractivity contribution in [3.8, 4) is 11.5 Å². The van der Waals surface area contributed by atoms with Gasteiger partial charge in [-0.3, -0.25) is 4.98 Å². The topological polar surface area (TPSA) is 80.5 Å². The fourth-order valence-electron chi connectivity index (χ4n) is 1.63. The molecule has 5 nitrogen and oxygen atoms in total. The molecular formula is C11H8ClN5. The van der Waals surface area contributed by atoms with E-state index in [9.17, 15) is 0 Å².